The summed E-state index contributed by atoms with van der Waals surface area (Å²) in [5, 5.41) is 0. The van der Waals surface area contributed by atoms with Crippen molar-refractivity contribution in [3.8, 4) is 0 Å². The molecular formula is C22H24N4O3. The monoisotopic (exact) mass is 392 g/mol. The molecule has 4 rings (SSSR count). The Bertz CT molecular complexity index is 1030. The predicted molar refractivity (Wildman–Crippen MR) is 109 cm³/mol. The summed E-state index contributed by atoms with van der Waals surface area (Å²) in [6, 6.07) is 10.9. The third-order valence-corrected chi connectivity index (χ3v) is 5.27. The van der Waals surface area contributed by atoms with E-state index in [2.05, 4.69) is 11.9 Å². The number of esters is 1. The summed E-state index contributed by atoms with van der Waals surface area (Å²) in [4.78, 5) is 37.0. The lowest BCUT2D eigenvalue weighted by Gasteiger charge is -2.37. The first-order valence-electron chi connectivity index (χ1n) is 10.0. The van der Waals surface area contributed by atoms with Gasteiger partial charge in [0.05, 0.1) is 23.7 Å². The molecule has 0 saturated heterocycles. The van der Waals surface area contributed by atoms with Gasteiger partial charge in [0.25, 0.3) is 0 Å². The molecule has 0 saturated carbocycles. The van der Waals surface area contributed by atoms with Gasteiger partial charge in [-0.05, 0) is 43.2 Å². The van der Waals surface area contributed by atoms with Gasteiger partial charge in [-0.25, -0.2) is 4.98 Å². The Kier molecular flexibility index (Phi) is 5.29. The Balaban J connectivity index is 1.97. The topological polar surface area (TPSA) is 77.3 Å². The zero-order valence-electron chi connectivity index (χ0n) is 16.6. The van der Waals surface area contributed by atoms with Crippen LogP contribution in [0.25, 0.3) is 11.0 Å². The first-order valence-corrected chi connectivity index (χ1v) is 10.0. The summed E-state index contributed by atoms with van der Waals surface area (Å²) in [5.74, 6) is -1.17. The first-order chi connectivity index (χ1) is 14.2. The first kappa shape index (κ1) is 19.1. The van der Waals surface area contributed by atoms with Gasteiger partial charge >= 0.3 is 5.97 Å². The molecule has 29 heavy (non-hydrogen) atoms. The van der Waals surface area contributed by atoms with Gasteiger partial charge < -0.3 is 9.30 Å². The van der Waals surface area contributed by atoms with Crippen molar-refractivity contribution in [3.05, 3.63) is 54.4 Å². The second kappa shape index (κ2) is 8.03. The number of anilines is 1. The molecule has 2 atom stereocenters. The van der Waals surface area contributed by atoms with Gasteiger partial charge in [-0.1, -0.05) is 25.5 Å². The van der Waals surface area contributed by atoms with E-state index in [-0.39, 0.29) is 12.5 Å². The zero-order valence-corrected chi connectivity index (χ0v) is 16.6. The molecule has 7 nitrogen and oxygen atoms in total. The van der Waals surface area contributed by atoms with Crippen molar-refractivity contribution in [1.29, 1.82) is 0 Å². The van der Waals surface area contributed by atoms with Gasteiger partial charge in [-0.3, -0.25) is 19.5 Å². The molecule has 0 radical (unpaired) electrons. The van der Waals surface area contributed by atoms with Gasteiger partial charge in [-0.2, -0.15) is 0 Å². The number of pyridine rings is 1. The fourth-order valence-corrected chi connectivity index (χ4v) is 3.94. The number of aromatic nitrogens is 3. The maximum Gasteiger partial charge on any atom is 0.321 e. The summed E-state index contributed by atoms with van der Waals surface area (Å²) in [6.07, 6.45) is 5.10. The van der Waals surface area contributed by atoms with Gasteiger partial charge in [0.15, 0.2) is 5.92 Å². The van der Waals surface area contributed by atoms with Crippen LogP contribution < -0.4 is 4.90 Å². The Morgan fingerprint density at radius 3 is 2.62 bits per heavy atom. The molecule has 3 heterocycles. The molecular weight excluding hydrogens is 368 g/mol. The summed E-state index contributed by atoms with van der Waals surface area (Å²) >= 11 is 0. The number of hydrogen-bond acceptors (Lipinski definition) is 5. The predicted octanol–water partition coefficient (Wildman–Crippen LogP) is 3.35. The van der Waals surface area contributed by atoms with E-state index in [9.17, 15) is 9.59 Å². The van der Waals surface area contributed by atoms with Crippen LogP contribution in [0.1, 0.15) is 38.3 Å². The number of ether oxygens (including phenoxy) is 1. The molecule has 3 aromatic rings. The van der Waals surface area contributed by atoms with Gasteiger partial charge in [0.1, 0.15) is 0 Å². The van der Waals surface area contributed by atoms with Crippen LogP contribution in [-0.4, -0.2) is 39.6 Å². The maximum atomic E-state index is 13.5. The second-order valence-electron chi connectivity index (χ2n) is 7.07. The third-order valence-electron chi connectivity index (χ3n) is 5.27. The fourth-order valence-electron chi connectivity index (χ4n) is 3.94. The molecule has 150 valence electrons. The maximum absolute atomic E-state index is 13.5. The number of nitrogens with zero attached hydrogens (tertiary/aromatic N) is 4. The number of para-hydroxylation sites is 2. The molecule has 1 aromatic carbocycles. The van der Waals surface area contributed by atoms with E-state index in [1.54, 1.807) is 24.2 Å². The summed E-state index contributed by atoms with van der Waals surface area (Å²) in [7, 11) is 0. The van der Waals surface area contributed by atoms with E-state index in [0.29, 0.717) is 12.5 Å². The minimum Gasteiger partial charge on any atom is -0.465 e. The Morgan fingerprint density at radius 1 is 1.14 bits per heavy atom. The molecule has 2 aromatic heterocycles. The molecule has 0 N–H and O–H groups in total. The van der Waals surface area contributed by atoms with Crippen LogP contribution in [0.5, 0.6) is 0 Å². The minimum atomic E-state index is -0.973. The average molecular weight is 392 g/mol. The molecule has 0 fully saturated rings. The average Bonchev–Trinajstić information content (AvgIpc) is 3.12. The third kappa shape index (κ3) is 3.26. The highest BCUT2D eigenvalue weighted by Gasteiger charge is 2.47. The lowest BCUT2D eigenvalue weighted by molar-refractivity contribution is -0.153. The number of benzene rings is 1. The molecule has 0 aliphatic carbocycles. The van der Waals surface area contributed by atoms with Crippen molar-refractivity contribution < 1.29 is 14.3 Å². The van der Waals surface area contributed by atoms with Crippen LogP contribution in [0.15, 0.2) is 48.8 Å². The smallest absolute Gasteiger partial charge is 0.321 e. The van der Waals surface area contributed by atoms with E-state index in [0.717, 1.165) is 29.4 Å². The number of imidazole rings is 1. The van der Waals surface area contributed by atoms with Gasteiger partial charge in [0, 0.05) is 18.9 Å². The number of fused-ring (bicyclic) bond motifs is 3. The van der Waals surface area contributed by atoms with Crippen LogP contribution in [-0.2, 0) is 14.3 Å². The van der Waals surface area contributed by atoms with E-state index in [1.807, 2.05) is 41.0 Å². The van der Waals surface area contributed by atoms with Crippen LogP contribution >= 0.6 is 0 Å². The fraction of sp³-hybridized carbons (Fsp3) is 0.364. The van der Waals surface area contributed by atoms with Crippen LogP contribution in [0.4, 0.5) is 5.95 Å². The number of carbonyl (C=O) groups is 2. The van der Waals surface area contributed by atoms with Crippen molar-refractivity contribution in [2.45, 2.75) is 32.7 Å². The van der Waals surface area contributed by atoms with Gasteiger partial charge in [-0.15, -0.1) is 0 Å². The molecule has 1 amide bonds. The van der Waals surface area contributed by atoms with E-state index in [4.69, 9.17) is 9.72 Å². The van der Waals surface area contributed by atoms with Crippen LogP contribution in [0.2, 0.25) is 0 Å². The molecule has 1 aliphatic rings. The quantitative estimate of drug-likeness (QED) is 0.475. The normalized spacial score (nSPS) is 18.7. The van der Waals surface area contributed by atoms with Crippen molar-refractivity contribution in [2.75, 3.05) is 18.1 Å². The van der Waals surface area contributed by atoms with E-state index in [1.165, 1.54) is 0 Å². The summed E-state index contributed by atoms with van der Waals surface area (Å²) in [6.45, 7) is 4.55. The SMILES string of the molecule is CCCCN1C(=O)C(C(=O)OCC)C(c2ccncc2)n2c1nc1ccccc12. The van der Waals surface area contributed by atoms with Crippen LogP contribution in [0.3, 0.4) is 0 Å². The van der Waals surface area contributed by atoms with Crippen molar-refractivity contribution in [3.63, 3.8) is 0 Å². The molecule has 0 spiro atoms. The van der Waals surface area contributed by atoms with E-state index >= 15 is 0 Å². The molecule has 7 heteroatoms. The number of amides is 1. The summed E-state index contributed by atoms with van der Waals surface area (Å²) in [5.41, 5.74) is 2.50. The van der Waals surface area contributed by atoms with Gasteiger partial charge in [0.2, 0.25) is 11.9 Å². The zero-order chi connectivity index (χ0) is 20.4. The summed E-state index contributed by atoms with van der Waals surface area (Å²) < 4.78 is 7.33. The lowest BCUT2D eigenvalue weighted by atomic mass is 9.90. The van der Waals surface area contributed by atoms with E-state index < -0.39 is 17.9 Å². The van der Waals surface area contributed by atoms with Crippen molar-refractivity contribution in [2.24, 2.45) is 5.92 Å². The van der Waals surface area contributed by atoms with Crippen molar-refractivity contribution in [1.82, 2.24) is 14.5 Å². The highest BCUT2D eigenvalue weighted by molar-refractivity contribution is 6.08. The number of hydrogen-bond donors (Lipinski definition) is 0. The highest BCUT2D eigenvalue weighted by atomic mass is 16.5. The number of carbonyl (C=O) groups excluding carboxylic acids is 2. The van der Waals surface area contributed by atoms with Crippen molar-refractivity contribution >= 4 is 28.9 Å². The molecule has 1 aliphatic heterocycles. The Hall–Kier alpha value is -3.22. The van der Waals surface area contributed by atoms with Crippen LogP contribution in [0, 0.1) is 5.92 Å². The number of rotatable bonds is 6. The Morgan fingerprint density at radius 2 is 1.90 bits per heavy atom. The molecule has 2 unspecified atom stereocenters. The number of unbranched alkanes of at least 4 members (excludes halogenated alkanes) is 1. The molecule has 0 bridgehead atoms. The second-order valence-corrected chi connectivity index (χ2v) is 7.07. The highest BCUT2D eigenvalue weighted by Crippen LogP contribution is 2.41. The minimum absolute atomic E-state index is 0.220. The lowest BCUT2D eigenvalue weighted by Crippen LogP contribution is -2.50. The standard InChI is InChI=1S/C22H24N4O3/c1-3-5-14-25-20(27)18(21(28)29-4-2)19(15-10-12-23-13-11-15)26-17-9-7-6-8-16(17)24-22(25)26/h6-13,18-19H,3-5,14H2,1-2H3. The largest absolute Gasteiger partial charge is 0.465 e. The Labute approximate surface area is 169 Å².